The van der Waals surface area contributed by atoms with Crippen molar-refractivity contribution in [1.82, 2.24) is 25.1 Å². The summed E-state index contributed by atoms with van der Waals surface area (Å²) in [6.45, 7) is 5.76. The Hall–Kier alpha value is -3.22. The van der Waals surface area contributed by atoms with Crippen LogP contribution in [0.2, 0.25) is 0 Å². The van der Waals surface area contributed by atoms with Crippen molar-refractivity contribution in [3.63, 3.8) is 0 Å². The molecule has 2 aromatic heterocycles. The summed E-state index contributed by atoms with van der Waals surface area (Å²) in [5.41, 5.74) is 2.66. The molecule has 0 aliphatic carbocycles. The van der Waals surface area contributed by atoms with E-state index < -0.39 is 0 Å². The number of hydrogen-bond acceptors (Lipinski definition) is 5. The minimum absolute atomic E-state index is 0.103. The Morgan fingerprint density at radius 2 is 1.96 bits per heavy atom. The van der Waals surface area contributed by atoms with Crippen molar-refractivity contribution < 1.29 is 4.79 Å². The van der Waals surface area contributed by atoms with Gasteiger partial charge in [0.25, 0.3) is 5.91 Å². The van der Waals surface area contributed by atoms with Crippen LogP contribution in [-0.4, -0.2) is 39.2 Å². The molecule has 1 aromatic carbocycles. The van der Waals surface area contributed by atoms with Gasteiger partial charge in [0.15, 0.2) is 5.82 Å². The molecule has 0 fully saturated rings. The molecule has 3 aromatic rings. The lowest BCUT2D eigenvalue weighted by Gasteiger charge is -2.21. The normalized spacial score (nSPS) is 10.8. The zero-order valence-electron chi connectivity index (χ0n) is 15.8. The quantitative estimate of drug-likeness (QED) is 0.698. The third-order valence-electron chi connectivity index (χ3n) is 4.12. The van der Waals surface area contributed by atoms with E-state index in [-0.39, 0.29) is 5.91 Å². The molecule has 0 atom stereocenters. The van der Waals surface area contributed by atoms with Crippen LogP contribution >= 0.6 is 0 Å². The van der Waals surface area contributed by atoms with E-state index in [1.807, 2.05) is 36.4 Å². The highest BCUT2D eigenvalue weighted by atomic mass is 16.1. The smallest absolute Gasteiger partial charge is 0.251 e. The Morgan fingerprint density at radius 3 is 2.56 bits per heavy atom. The van der Waals surface area contributed by atoms with Crippen molar-refractivity contribution in [3.8, 4) is 5.82 Å². The molecule has 0 spiro atoms. The molecular weight excluding hydrogens is 340 g/mol. The van der Waals surface area contributed by atoms with Crippen molar-refractivity contribution in [2.24, 2.45) is 5.92 Å². The second kappa shape index (κ2) is 8.44. The molecule has 0 unspecified atom stereocenters. The van der Waals surface area contributed by atoms with Crippen LogP contribution in [-0.2, 0) is 6.54 Å². The number of benzene rings is 1. The standard InChI is InChI=1S/C20H24N6O/c1-15(2)12-25(3)18-7-5-17(6-8-18)20(27)23-11-16-4-9-19(22-10-16)26-14-21-13-24-26/h4-10,13-15H,11-12H2,1-3H3,(H,23,27). The van der Waals surface area contributed by atoms with Crippen LogP contribution in [0.5, 0.6) is 0 Å². The third kappa shape index (κ3) is 4.91. The van der Waals surface area contributed by atoms with Crippen LogP contribution in [0, 0.1) is 5.92 Å². The maximum Gasteiger partial charge on any atom is 0.251 e. The second-order valence-corrected chi connectivity index (χ2v) is 6.87. The fourth-order valence-corrected chi connectivity index (χ4v) is 2.79. The lowest BCUT2D eigenvalue weighted by Crippen LogP contribution is -2.24. The van der Waals surface area contributed by atoms with Gasteiger partial charge in [-0.1, -0.05) is 19.9 Å². The highest BCUT2D eigenvalue weighted by molar-refractivity contribution is 5.94. The van der Waals surface area contributed by atoms with E-state index in [1.54, 1.807) is 17.2 Å². The van der Waals surface area contributed by atoms with Crippen LogP contribution in [0.3, 0.4) is 0 Å². The van der Waals surface area contributed by atoms with E-state index in [1.165, 1.54) is 6.33 Å². The van der Waals surface area contributed by atoms with Crippen LogP contribution < -0.4 is 10.2 Å². The largest absolute Gasteiger partial charge is 0.374 e. The minimum atomic E-state index is -0.103. The number of carbonyl (C=O) groups excluding carboxylic acids is 1. The summed E-state index contributed by atoms with van der Waals surface area (Å²) in [5.74, 6) is 1.17. The number of rotatable bonds is 7. The molecule has 3 rings (SSSR count). The van der Waals surface area contributed by atoms with Gasteiger partial charge in [0, 0.05) is 37.6 Å². The number of anilines is 1. The van der Waals surface area contributed by atoms with Gasteiger partial charge in [-0.05, 0) is 41.8 Å². The third-order valence-corrected chi connectivity index (χ3v) is 4.12. The lowest BCUT2D eigenvalue weighted by molar-refractivity contribution is 0.0951. The van der Waals surface area contributed by atoms with E-state index in [0.29, 0.717) is 23.8 Å². The number of aromatic nitrogens is 4. The Bertz CT molecular complexity index is 857. The number of amides is 1. The number of pyridine rings is 1. The van der Waals surface area contributed by atoms with Crippen LogP contribution in [0.4, 0.5) is 5.69 Å². The monoisotopic (exact) mass is 364 g/mol. The van der Waals surface area contributed by atoms with Crippen LogP contribution in [0.15, 0.2) is 55.2 Å². The average molecular weight is 364 g/mol. The summed E-state index contributed by atoms with van der Waals surface area (Å²) in [6.07, 6.45) is 4.77. The van der Waals surface area contributed by atoms with Gasteiger partial charge in [-0.2, -0.15) is 5.10 Å². The number of nitrogens with zero attached hydrogens (tertiary/aromatic N) is 5. The molecule has 0 aliphatic rings. The molecule has 1 N–H and O–H groups in total. The summed E-state index contributed by atoms with van der Waals surface area (Å²) in [5, 5.41) is 6.96. The molecule has 0 radical (unpaired) electrons. The molecule has 1 amide bonds. The van der Waals surface area contributed by atoms with Gasteiger partial charge in [0.1, 0.15) is 12.7 Å². The van der Waals surface area contributed by atoms with Gasteiger partial charge >= 0.3 is 0 Å². The first-order valence-electron chi connectivity index (χ1n) is 8.92. The zero-order chi connectivity index (χ0) is 19.2. The molecule has 0 aliphatic heterocycles. The summed E-state index contributed by atoms with van der Waals surface area (Å²) in [6, 6.07) is 11.4. The van der Waals surface area contributed by atoms with Crippen molar-refractivity contribution in [1.29, 1.82) is 0 Å². The predicted octanol–water partition coefficient (Wildman–Crippen LogP) is 2.68. The molecule has 7 heteroatoms. The molecule has 0 saturated heterocycles. The summed E-state index contributed by atoms with van der Waals surface area (Å²) >= 11 is 0. The van der Waals surface area contributed by atoms with Gasteiger partial charge in [-0.25, -0.2) is 14.6 Å². The van der Waals surface area contributed by atoms with Crippen LogP contribution in [0.25, 0.3) is 5.82 Å². The first-order valence-corrected chi connectivity index (χ1v) is 8.92. The molecular formula is C20H24N6O. The highest BCUT2D eigenvalue weighted by Crippen LogP contribution is 2.15. The fourth-order valence-electron chi connectivity index (χ4n) is 2.79. The summed E-state index contributed by atoms with van der Waals surface area (Å²) < 4.78 is 1.58. The number of carbonyl (C=O) groups is 1. The average Bonchev–Trinajstić information content (AvgIpc) is 3.21. The first-order chi connectivity index (χ1) is 13.0. The van der Waals surface area contributed by atoms with E-state index in [2.05, 4.69) is 46.2 Å². The maximum atomic E-state index is 12.4. The molecule has 140 valence electrons. The Labute approximate surface area is 159 Å². The van der Waals surface area contributed by atoms with Gasteiger partial charge in [0.05, 0.1) is 0 Å². The molecule has 0 saturated carbocycles. The lowest BCUT2D eigenvalue weighted by atomic mass is 10.1. The minimum Gasteiger partial charge on any atom is -0.374 e. The highest BCUT2D eigenvalue weighted by Gasteiger charge is 2.08. The van der Waals surface area contributed by atoms with E-state index in [4.69, 9.17) is 0 Å². The maximum absolute atomic E-state index is 12.4. The van der Waals surface area contributed by atoms with Gasteiger partial charge in [0.2, 0.25) is 0 Å². The van der Waals surface area contributed by atoms with Gasteiger partial charge in [-0.3, -0.25) is 4.79 Å². The summed E-state index contributed by atoms with van der Waals surface area (Å²) in [4.78, 5) is 22.8. The van der Waals surface area contributed by atoms with E-state index in [9.17, 15) is 4.79 Å². The fraction of sp³-hybridized carbons (Fsp3) is 0.300. The molecule has 27 heavy (non-hydrogen) atoms. The van der Waals surface area contributed by atoms with E-state index >= 15 is 0 Å². The van der Waals surface area contributed by atoms with Crippen molar-refractivity contribution in [3.05, 3.63) is 66.4 Å². The van der Waals surface area contributed by atoms with Gasteiger partial charge in [-0.15, -0.1) is 0 Å². The molecule has 2 heterocycles. The number of hydrogen-bond donors (Lipinski definition) is 1. The predicted molar refractivity (Wildman–Crippen MR) is 105 cm³/mol. The Morgan fingerprint density at radius 1 is 1.19 bits per heavy atom. The number of nitrogens with one attached hydrogen (secondary N) is 1. The molecule has 0 bridgehead atoms. The van der Waals surface area contributed by atoms with Crippen molar-refractivity contribution >= 4 is 11.6 Å². The Kier molecular flexibility index (Phi) is 5.80. The Balaban J connectivity index is 1.56. The van der Waals surface area contributed by atoms with Crippen molar-refractivity contribution in [2.45, 2.75) is 20.4 Å². The zero-order valence-corrected chi connectivity index (χ0v) is 15.8. The first kappa shape index (κ1) is 18.6. The topological polar surface area (TPSA) is 75.9 Å². The van der Waals surface area contributed by atoms with Gasteiger partial charge < -0.3 is 10.2 Å². The van der Waals surface area contributed by atoms with Crippen molar-refractivity contribution in [2.75, 3.05) is 18.5 Å². The van der Waals surface area contributed by atoms with E-state index in [0.717, 1.165) is 17.8 Å². The second-order valence-electron chi connectivity index (χ2n) is 6.87. The summed E-state index contributed by atoms with van der Waals surface area (Å²) in [7, 11) is 2.06. The molecule has 7 nitrogen and oxygen atoms in total. The van der Waals surface area contributed by atoms with Crippen LogP contribution in [0.1, 0.15) is 29.8 Å². The SMILES string of the molecule is CC(C)CN(C)c1ccc(C(=O)NCc2ccc(-n3cncn3)nc2)cc1.